The summed E-state index contributed by atoms with van der Waals surface area (Å²) in [5, 5.41) is 14.1. The molecule has 230 valence electrons. The summed E-state index contributed by atoms with van der Waals surface area (Å²) in [5.74, 6) is -0.524. The van der Waals surface area contributed by atoms with Crippen molar-refractivity contribution in [1.29, 1.82) is 0 Å². The molecule has 4 N–H and O–H groups in total. The van der Waals surface area contributed by atoms with Crippen LogP contribution in [0.25, 0.3) is 55.8 Å². The molecular weight excluding hydrogens is 576 g/mol. The Balaban J connectivity index is 1.35. The number of hydrogen-bond acceptors (Lipinski definition) is 7. The lowest BCUT2D eigenvalue weighted by Crippen LogP contribution is -2.20. The van der Waals surface area contributed by atoms with E-state index in [0.717, 1.165) is 19.4 Å². The van der Waals surface area contributed by atoms with Crippen molar-refractivity contribution in [3.8, 4) is 33.9 Å². The first-order valence-corrected chi connectivity index (χ1v) is 14.8. The van der Waals surface area contributed by atoms with Crippen LogP contribution < -0.4 is 10.6 Å². The molecule has 0 aliphatic carbocycles. The first kappa shape index (κ1) is 29.8. The Morgan fingerprint density at radius 1 is 0.978 bits per heavy atom. The minimum Gasteiger partial charge on any atom is -0.384 e. The third-order valence-electron chi connectivity index (χ3n) is 7.43. The number of fused-ring (bicyclic) bond motifs is 2. The van der Waals surface area contributed by atoms with Crippen molar-refractivity contribution in [3.63, 3.8) is 0 Å². The second-order valence-corrected chi connectivity index (χ2v) is 11.2. The van der Waals surface area contributed by atoms with E-state index in [2.05, 4.69) is 35.8 Å². The molecule has 0 saturated carbocycles. The van der Waals surface area contributed by atoms with Crippen LogP contribution in [0, 0.1) is 11.6 Å². The van der Waals surface area contributed by atoms with Gasteiger partial charge in [0.2, 0.25) is 5.91 Å². The number of carbonyl (C=O) groups excluding carboxylic acids is 1. The average Bonchev–Trinajstić information content (AvgIpc) is 3.63. The van der Waals surface area contributed by atoms with E-state index in [1.165, 1.54) is 24.4 Å². The minimum atomic E-state index is -0.467. The Bertz CT molecular complexity index is 2000. The number of pyridine rings is 2. The molecule has 0 atom stereocenters. The molecule has 1 amide bonds. The number of unbranched alkanes of at least 4 members (excludes halogenated alkanes) is 1. The van der Waals surface area contributed by atoms with E-state index in [-0.39, 0.29) is 11.7 Å². The van der Waals surface area contributed by atoms with Gasteiger partial charge in [0.25, 0.3) is 0 Å². The molecule has 0 fully saturated rings. The van der Waals surface area contributed by atoms with Crippen LogP contribution in [0.1, 0.15) is 26.2 Å². The molecule has 0 aliphatic rings. The molecule has 2 aromatic carbocycles. The molecule has 0 unspecified atom stereocenters. The number of carbonyl (C=O) groups is 1. The standard InChI is InChI=1S/C33H33F2N9O/c1-4-5-6-29(45)39-23-13-20(17-36-18-23)24-15-25-28(16-26(24)35)42-43-31(25)33-40-27-7-8-38-30(32(27)41-33)19-11-21(34)14-22(12-19)37-9-10-44(2)3/h7-8,11-18,37H,4-6,9-10H2,1-3H3,(H,39,45)(H,40,41)(H,42,43). The molecule has 6 rings (SSSR count). The van der Waals surface area contributed by atoms with E-state index in [0.29, 0.717) is 80.2 Å². The van der Waals surface area contributed by atoms with Gasteiger partial charge in [0, 0.05) is 65.7 Å². The van der Waals surface area contributed by atoms with Gasteiger partial charge in [-0.1, -0.05) is 13.3 Å². The Morgan fingerprint density at radius 3 is 2.64 bits per heavy atom. The topological polar surface area (TPSA) is 128 Å². The molecule has 4 aromatic heterocycles. The number of benzene rings is 2. The molecule has 0 bridgehead atoms. The lowest BCUT2D eigenvalue weighted by atomic mass is 10.0. The minimum absolute atomic E-state index is 0.113. The highest BCUT2D eigenvalue weighted by Crippen LogP contribution is 2.34. The number of nitrogens with zero attached hydrogens (tertiary/aromatic N) is 5. The van der Waals surface area contributed by atoms with Gasteiger partial charge in [-0.05, 0) is 56.9 Å². The summed E-state index contributed by atoms with van der Waals surface area (Å²) in [5.41, 5.74) is 5.25. The van der Waals surface area contributed by atoms with Crippen molar-refractivity contribution in [2.24, 2.45) is 0 Å². The van der Waals surface area contributed by atoms with Crippen molar-refractivity contribution < 1.29 is 13.6 Å². The zero-order chi connectivity index (χ0) is 31.5. The lowest BCUT2D eigenvalue weighted by Gasteiger charge is -2.12. The summed E-state index contributed by atoms with van der Waals surface area (Å²) in [4.78, 5) is 31.2. The van der Waals surface area contributed by atoms with Crippen LogP contribution in [0.3, 0.4) is 0 Å². The molecule has 0 aliphatic heterocycles. The fourth-order valence-electron chi connectivity index (χ4n) is 5.17. The molecule has 10 nitrogen and oxygen atoms in total. The molecular formula is C33H33F2N9O. The van der Waals surface area contributed by atoms with Gasteiger partial charge in [0.15, 0.2) is 5.82 Å². The predicted molar refractivity (Wildman–Crippen MR) is 173 cm³/mol. The van der Waals surface area contributed by atoms with Crippen molar-refractivity contribution in [3.05, 3.63) is 72.7 Å². The zero-order valence-electron chi connectivity index (χ0n) is 25.2. The van der Waals surface area contributed by atoms with Crippen LogP contribution in [0.15, 0.2) is 61.1 Å². The van der Waals surface area contributed by atoms with Gasteiger partial charge in [-0.15, -0.1) is 0 Å². The monoisotopic (exact) mass is 609 g/mol. The van der Waals surface area contributed by atoms with E-state index in [4.69, 9.17) is 4.98 Å². The maximum atomic E-state index is 15.3. The highest BCUT2D eigenvalue weighted by molar-refractivity contribution is 5.98. The second kappa shape index (κ2) is 12.8. The fraction of sp³-hybridized carbons (Fsp3) is 0.242. The SMILES string of the molecule is CCCCC(=O)Nc1cncc(-c2cc3c(-c4nc5c(-c6cc(F)cc(NCCN(C)C)c6)nccc5[nH]4)n[nH]c3cc2F)c1. The third kappa shape index (κ3) is 6.50. The normalized spacial score (nSPS) is 11.5. The van der Waals surface area contributed by atoms with Gasteiger partial charge in [0.1, 0.15) is 22.8 Å². The number of amides is 1. The first-order chi connectivity index (χ1) is 21.8. The number of aromatic amines is 2. The number of halogens is 2. The Labute approximate surface area is 258 Å². The van der Waals surface area contributed by atoms with E-state index in [9.17, 15) is 9.18 Å². The van der Waals surface area contributed by atoms with E-state index in [1.807, 2.05) is 32.0 Å². The largest absolute Gasteiger partial charge is 0.384 e. The zero-order valence-corrected chi connectivity index (χ0v) is 25.2. The smallest absolute Gasteiger partial charge is 0.224 e. The predicted octanol–water partition coefficient (Wildman–Crippen LogP) is 6.61. The molecule has 6 aromatic rings. The summed E-state index contributed by atoms with van der Waals surface area (Å²) < 4.78 is 30.0. The first-order valence-electron chi connectivity index (χ1n) is 14.8. The van der Waals surface area contributed by atoms with Crippen LogP contribution >= 0.6 is 0 Å². The van der Waals surface area contributed by atoms with Gasteiger partial charge in [-0.25, -0.2) is 13.8 Å². The number of imidazole rings is 1. The average molecular weight is 610 g/mol. The van der Waals surface area contributed by atoms with Crippen LogP contribution in [-0.4, -0.2) is 68.1 Å². The van der Waals surface area contributed by atoms with E-state index in [1.54, 1.807) is 30.6 Å². The van der Waals surface area contributed by atoms with Gasteiger partial charge in [-0.3, -0.25) is 19.9 Å². The van der Waals surface area contributed by atoms with Crippen molar-refractivity contribution in [1.82, 2.24) is 35.0 Å². The Hall–Kier alpha value is -5.23. The number of aromatic nitrogens is 6. The molecule has 4 heterocycles. The van der Waals surface area contributed by atoms with Crippen LogP contribution in [0.2, 0.25) is 0 Å². The Kier molecular flexibility index (Phi) is 8.47. The summed E-state index contributed by atoms with van der Waals surface area (Å²) in [6.07, 6.45) is 6.82. The van der Waals surface area contributed by atoms with E-state index >= 15 is 4.39 Å². The number of nitrogens with one attached hydrogen (secondary N) is 4. The summed E-state index contributed by atoms with van der Waals surface area (Å²) in [6, 6.07) is 11.3. The quantitative estimate of drug-likeness (QED) is 0.130. The van der Waals surface area contributed by atoms with Crippen molar-refractivity contribution in [2.75, 3.05) is 37.8 Å². The van der Waals surface area contributed by atoms with Crippen molar-refractivity contribution in [2.45, 2.75) is 26.2 Å². The summed E-state index contributed by atoms with van der Waals surface area (Å²) in [7, 11) is 3.95. The fourth-order valence-corrected chi connectivity index (χ4v) is 5.17. The summed E-state index contributed by atoms with van der Waals surface area (Å²) >= 11 is 0. The molecule has 0 saturated heterocycles. The molecule has 0 spiro atoms. The van der Waals surface area contributed by atoms with Gasteiger partial charge in [0.05, 0.1) is 28.6 Å². The molecule has 0 radical (unpaired) electrons. The third-order valence-corrected chi connectivity index (χ3v) is 7.43. The number of rotatable bonds is 11. The number of H-pyrrole nitrogens is 2. The maximum Gasteiger partial charge on any atom is 0.224 e. The number of hydrogen-bond donors (Lipinski definition) is 4. The highest BCUT2D eigenvalue weighted by atomic mass is 19.1. The van der Waals surface area contributed by atoms with E-state index < -0.39 is 5.82 Å². The van der Waals surface area contributed by atoms with Crippen LogP contribution in [0.4, 0.5) is 20.2 Å². The molecule has 45 heavy (non-hydrogen) atoms. The highest BCUT2D eigenvalue weighted by Gasteiger charge is 2.19. The van der Waals surface area contributed by atoms with Gasteiger partial charge in [-0.2, -0.15) is 5.10 Å². The number of likely N-dealkylation sites (N-methyl/N-ethyl adjacent to an activating group) is 1. The van der Waals surface area contributed by atoms with Crippen LogP contribution in [-0.2, 0) is 4.79 Å². The molecule has 12 heteroatoms. The lowest BCUT2D eigenvalue weighted by molar-refractivity contribution is -0.116. The van der Waals surface area contributed by atoms with Gasteiger partial charge >= 0.3 is 0 Å². The van der Waals surface area contributed by atoms with Crippen LogP contribution in [0.5, 0.6) is 0 Å². The Morgan fingerprint density at radius 2 is 1.82 bits per heavy atom. The number of anilines is 2. The van der Waals surface area contributed by atoms with Gasteiger partial charge < -0.3 is 20.5 Å². The van der Waals surface area contributed by atoms with Crippen molar-refractivity contribution >= 4 is 39.2 Å². The maximum absolute atomic E-state index is 15.3. The summed E-state index contributed by atoms with van der Waals surface area (Å²) in [6.45, 7) is 3.47. The second-order valence-electron chi connectivity index (χ2n) is 11.2.